The van der Waals surface area contributed by atoms with Crippen LogP contribution in [-0.4, -0.2) is 38.8 Å². The molecule has 2 heterocycles. The molecular formula is C28H32N4O3. The number of aryl methyl sites for hydroxylation is 1. The zero-order valence-corrected chi connectivity index (χ0v) is 20.6. The van der Waals surface area contributed by atoms with Gasteiger partial charge in [0.1, 0.15) is 11.2 Å². The van der Waals surface area contributed by atoms with Gasteiger partial charge in [-0.25, -0.2) is 0 Å². The number of para-hydroxylation sites is 1. The molecule has 3 amide bonds. The number of fused-ring (bicyclic) bond motifs is 3. The zero-order valence-electron chi connectivity index (χ0n) is 20.6. The summed E-state index contributed by atoms with van der Waals surface area (Å²) in [4.78, 5) is 41.9. The Kier molecular flexibility index (Phi) is 5.87. The first-order valence-electron chi connectivity index (χ1n) is 12.4. The quantitative estimate of drug-likeness (QED) is 0.578. The van der Waals surface area contributed by atoms with E-state index < -0.39 is 5.54 Å². The van der Waals surface area contributed by atoms with Crippen LogP contribution in [0.2, 0.25) is 0 Å². The predicted molar refractivity (Wildman–Crippen MR) is 136 cm³/mol. The summed E-state index contributed by atoms with van der Waals surface area (Å²) >= 11 is 0. The molecule has 1 aliphatic heterocycles. The highest BCUT2D eigenvalue weighted by Gasteiger charge is 2.49. The van der Waals surface area contributed by atoms with E-state index in [0.29, 0.717) is 24.5 Å². The summed E-state index contributed by atoms with van der Waals surface area (Å²) in [5.41, 5.74) is 2.71. The number of amides is 3. The first kappa shape index (κ1) is 23.1. The van der Waals surface area contributed by atoms with Crippen molar-refractivity contribution in [3.63, 3.8) is 0 Å². The second-order valence-electron chi connectivity index (χ2n) is 10.1. The Morgan fingerprint density at radius 3 is 2.46 bits per heavy atom. The second-order valence-corrected chi connectivity index (χ2v) is 10.1. The minimum Gasteiger partial charge on any atom is -0.351 e. The second kappa shape index (κ2) is 8.87. The number of benzene rings is 2. The molecule has 0 radical (unpaired) electrons. The van der Waals surface area contributed by atoms with Crippen LogP contribution in [-0.2, 0) is 22.7 Å². The van der Waals surface area contributed by atoms with Crippen LogP contribution >= 0.6 is 0 Å². The van der Waals surface area contributed by atoms with Crippen molar-refractivity contribution >= 4 is 34.3 Å². The summed E-state index contributed by atoms with van der Waals surface area (Å²) in [6, 6.07) is 15.7. The average molecular weight is 473 g/mol. The molecule has 7 heteroatoms. The van der Waals surface area contributed by atoms with Crippen molar-refractivity contribution < 1.29 is 14.4 Å². The average Bonchev–Trinajstić information content (AvgIpc) is 3.44. The van der Waals surface area contributed by atoms with Crippen molar-refractivity contribution in [2.24, 2.45) is 0 Å². The highest BCUT2D eigenvalue weighted by Crippen LogP contribution is 2.39. The van der Waals surface area contributed by atoms with Crippen LogP contribution in [0.5, 0.6) is 0 Å². The minimum atomic E-state index is -1.09. The summed E-state index contributed by atoms with van der Waals surface area (Å²) in [5.74, 6) is -0.630. The lowest BCUT2D eigenvalue weighted by molar-refractivity contribution is -0.133. The number of aromatic nitrogens is 1. The summed E-state index contributed by atoms with van der Waals surface area (Å²) < 4.78 is 1.91. The lowest BCUT2D eigenvalue weighted by atomic mass is 9.92. The SMILES string of the molecule is CC(=O)Nc1c2n(c3ccccc13)CC(C)(C(=O)NC1CCCC1)N(Cc1ccccc1C)C2=O. The van der Waals surface area contributed by atoms with Crippen LogP contribution in [0.1, 0.15) is 61.1 Å². The van der Waals surface area contributed by atoms with E-state index in [9.17, 15) is 14.4 Å². The maximum atomic E-state index is 14.2. The van der Waals surface area contributed by atoms with Crippen LogP contribution < -0.4 is 10.6 Å². The monoisotopic (exact) mass is 472 g/mol. The molecule has 1 aliphatic carbocycles. The molecule has 1 unspecified atom stereocenters. The Labute approximate surface area is 205 Å². The fraction of sp³-hybridized carbons (Fsp3) is 0.393. The molecule has 1 fully saturated rings. The highest BCUT2D eigenvalue weighted by molar-refractivity contribution is 6.14. The Bertz CT molecular complexity index is 1320. The van der Waals surface area contributed by atoms with E-state index in [1.165, 1.54) is 6.92 Å². The Morgan fingerprint density at radius 2 is 1.74 bits per heavy atom. The Balaban J connectivity index is 1.65. The first-order chi connectivity index (χ1) is 16.8. The molecular weight excluding hydrogens is 440 g/mol. The number of hydrogen-bond donors (Lipinski definition) is 2. The van der Waals surface area contributed by atoms with Gasteiger partial charge < -0.3 is 20.1 Å². The molecule has 35 heavy (non-hydrogen) atoms. The first-order valence-corrected chi connectivity index (χ1v) is 12.4. The van der Waals surface area contributed by atoms with E-state index in [0.717, 1.165) is 47.7 Å². The molecule has 2 aliphatic rings. The highest BCUT2D eigenvalue weighted by atomic mass is 16.2. The molecule has 7 nitrogen and oxygen atoms in total. The van der Waals surface area contributed by atoms with Crippen LogP contribution in [0.3, 0.4) is 0 Å². The van der Waals surface area contributed by atoms with Gasteiger partial charge in [0, 0.05) is 24.9 Å². The number of nitrogens with one attached hydrogen (secondary N) is 2. The number of carbonyl (C=O) groups is 3. The van der Waals surface area contributed by atoms with Gasteiger partial charge in [0.2, 0.25) is 11.8 Å². The standard InChI is InChI=1S/C28H32N4O3/c1-18-10-4-5-11-20(18)16-32-26(34)25-24(29-19(2)33)22-14-8-9-15-23(22)31(25)17-28(32,3)27(35)30-21-12-6-7-13-21/h4-5,8-11,14-15,21H,6-7,12-13,16-17H2,1-3H3,(H,29,33)(H,30,35). The molecule has 182 valence electrons. The largest absolute Gasteiger partial charge is 0.351 e. The number of rotatable bonds is 5. The topological polar surface area (TPSA) is 83.4 Å². The van der Waals surface area contributed by atoms with Crippen molar-refractivity contribution in [1.82, 2.24) is 14.8 Å². The molecule has 1 atom stereocenters. The molecule has 5 rings (SSSR count). The molecule has 3 aromatic rings. The van der Waals surface area contributed by atoms with Crippen LogP contribution in [0.25, 0.3) is 10.9 Å². The van der Waals surface area contributed by atoms with Gasteiger partial charge in [0.25, 0.3) is 5.91 Å². The van der Waals surface area contributed by atoms with Gasteiger partial charge >= 0.3 is 0 Å². The van der Waals surface area contributed by atoms with Crippen molar-refractivity contribution in [3.8, 4) is 0 Å². The van der Waals surface area contributed by atoms with E-state index in [4.69, 9.17) is 0 Å². The summed E-state index contributed by atoms with van der Waals surface area (Å²) in [7, 11) is 0. The van der Waals surface area contributed by atoms with Gasteiger partial charge in [0.15, 0.2) is 0 Å². The molecule has 0 saturated heterocycles. The van der Waals surface area contributed by atoms with E-state index in [1.54, 1.807) is 4.90 Å². The summed E-state index contributed by atoms with van der Waals surface area (Å²) in [6.45, 7) is 5.93. The van der Waals surface area contributed by atoms with Gasteiger partial charge in [-0.2, -0.15) is 0 Å². The third kappa shape index (κ3) is 3.99. The van der Waals surface area contributed by atoms with Gasteiger partial charge in [-0.3, -0.25) is 14.4 Å². The fourth-order valence-electron chi connectivity index (χ4n) is 5.55. The molecule has 2 aromatic carbocycles. The number of carbonyl (C=O) groups excluding carboxylic acids is 3. The van der Waals surface area contributed by atoms with Crippen molar-refractivity contribution in [2.45, 2.75) is 71.1 Å². The van der Waals surface area contributed by atoms with E-state index in [2.05, 4.69) is 10.6 Å². The molecule has 1 saturated carbocycles. The van der Waals surface area contributed by atoms with E-state index in [-0.39, 0.29) is 23.8 Å². The van der Waals surface area contributed by atoms with E-state index >= 15 is 0 Å². The van der Waals surface area contributed by atoms with Crippen LogP contribution in [0, 0.1) is 6.92 Å². The van der Waals surface area contributed by atoms with Crippen molar-refractivity contribution in [3.05, 3.63) is 65.4 Å². The fourth-order valence-corrected chi connectivity index (χ4v) is 5.55. The smallest absolute Gasteiger partial charge is 0.273 e. The Morgan fingerprint density at radius 1 is 1.06 bits per heavy atom. The van der Waals surface area contributed by atoms with Crippen molar-refractivity contribution in [1.29, 1.82) is 0 Å². The normalized spacial score (nSPS) is 20.2. The predicted octanol–water partition coefficient (Wildman–Crippen LogP) is 4.38. The maximum absolute atomic E-state index is 14.2. The van der Waals surface area contributed by atoms with Gasteiger partial charge in [0.05, 0.1) is 17.7 Å². The number of anilines is 1. The molecule has 0 bridgehead atoms. The van der Waals surface area contributed by atoms with E-state index in [1.807, 2.05) is 66.9 Å². The van der Waals surface area contributed by atoms with Crippen molar-refractivity contribution in [2.75, 3.05) is 5.32 Å². The Hall–Kier alpha value is -3.61. The lowest BCUT2D eigenvalue weighted by Crippen LogP contribution is -2.64. The minimum absolute atomic E-state index is 0.129. The number of hydrogen-bond acceptors (Lipinski definition) is 3. The van der Waals surface area contributed by atoms with Crippen LogP contribution in [0.4, 0.5) is 5.69 Å². The molecule has 1 aromatic heterocycles. The third-order valence-corrected chi connectivity index (χ3v) is 7.55. The van der Waals surface area contributed by atoms with Gasteiger partial charge in [-0.15, -0.1) is 0 Å². The van der Waals surface area contributed by atoms with Gasteiger partial charge in [-0.05, 0) is 43.9 Å². The third-order valence-electron chi connectivity index (χ3n) is 7.55. The molecule has 2 N–H and O–H groups in total. The zero-order chi connectivity index (χ0) is 24.7. The summed E-state index contributed by atoms with van der Waals surface area (Å²) in [5, 5.41) is 6.93. The summed E-state index contributed by atoms with van der Waals surface area (Å²) in [6.07, 6.45) is 4.16. The maximum Gasteiger partial charge on any atom is 0.273 e. The van der Waals surface area contributed by atoms with Gasteiger partial charge in [-0.1, -0.05) is 55.3 Å². The molecule has 0 spiro atoms. The van der Waals surface area contributed by atoms with Crippen LogP contribution in [0.15, 0.2) is 48.5 Å². The lowest BCUT2D eigenvalue weighted by Gasteiger charge is -2.45. The number of nitrogens with zero attached hydrogens (tertiary/aromatic N) is 2.